The van der Waals surface area contributed by atoms with Crippen molar-refractivity contribution in [3.63, 3.8) is 0 Å². The van der Waals surface area contributed by atoms with Gasteiger partial charge in [-0.05, 0) is 6.92 Å². The van der Waals surface area contributed by atoms with Gasteiger partial charge in [-0.2, -0.15) is 18.2 Å². The number of nitrogens with zero attached hydrogens (tertiary/aromatic N) is 3. The molecule has 0 radical (unpaired) electrons. The summed E-state index contributed by atoms with van der Waals surface area (Å²) >= 11 is 1.16. The van der Waals surface area contributed by atoms with Gasteiger partial charge in [-0.15, -0.1) is 0 Å². The third kappa shape index (κ3) is 3.64. The van der Waals surface area contributed by atoms with Crippen molar-refractivity contribution in [2.45, 2.75) is 19.7 Å². The van der Waals surface area contributed by atoms with Crippen LogP contribution in [0.15, 0.2) is 4.52 Å². The molecule has 2 heterocycles. The normalized spacial score (nSPS) is 12.0. The van der Waals surface area contributed by atoms with E-state index in [4.69, 9.17) is 10.3 Å². The summed E-state index contributed by atoms with van der Waals surface area (Å²) in [4.78, 5) is 8.49. The van der Waals surface area contributed by atoms with E-state index in [0.29, 0.717) is 15.7 Å². The molecule has 0 unspecified atom stereocenters. The minimum absolute atomic E-state index is 0.0330. The van der Waals surface area contributed by atoms with Crippen molar-refractivity contribution < 1.29 is 22.4 Å². The monoisotopic (exact) mass is 294 g/mol. The number of anilines is 1. The predicted octanol–water partition coefficient (Wildman–Crippen LogP) is 2.16. The summed E-state index contributed by atoms with van der Waals surface area (Å²) in [6.07, 6.45) is -4.38. The lowest BCUT2D eigenvalue weighted by Crippen LogP contribution is -2.16. The molecule has 0 aliphatic rings. The Bertz CT molecular complexity index is 566. The van der Waals surface area contributed by atoms with E-state index in [0.717, 1.165) is 11.3 Å². The summed E-state index contributed by atoms with van der Waals surface area (Å²) in [6.45, 7) is -0.0219. The van der Waals surface area contributed by atoms with E-state index in [2.05, 4.69) is 19.9 Å². The molecule has 0 aliphatic heterocycles. The molecule has 104 valence electrons. The summed E-state index contributed by atoms with van der Waals surface area (Å²) in [5.41, 5.74) is 6.14. The molecule has 2 aromatic heterocycles. The van der Waals surface area contributed by atoms with E-state index < -0.39 is 12.8 Å². The first-order valence-corrected chi connectivity index (χ1v) is 5.87. The van der Waals surface area contributed by atoms with Gasteiger partial charge in [-0.1, -0.05) is 16.5 Å². The maximum atomic E-state index is 11.9. The zero-order valence-corrected chi connectivity index (χ0v) is 10.5. The molecule has 0 saturated carbocycles. The van der Waals surface area contributed by atoms with Gasteiger partial charge in [0.15, 0.2) is 11.0 Å². The fraction of sp³-hybridized carbons (Fsp3) is 0.444. The highest BCUT2D eigenvalue weighted by atomic mass is 32.1. The fourth-order valence-corrected chi connectivity index (χ4v) is 2.03. The zero-order chi connectivity index (χ0) is 14.0. The van der Waals surface area contributed by atoms with Crippen LogP contribution < -0.4 is 5.73 Å². The van der Waals surface area contributed by atoms with Crippen LogP contribution in [0.2, 0.25) is 0 Å². The summed E-state index contributed by atoms with van der Waals surface area (Å²) in [7, 11) is 0. The molecule has 0 aromatic carbocycles. The molecule has 0 atom stereocenters. The van der Waals surface area contributed by atoms with Crippen molar-refractivity contribution in [1.82, 2.24) is 15.1 Å². The Morgan fingerprint density at radius 1 is 1.37 bits per heavy atom. The number of aryl methyl sites for hydroxylation is 1. The SMILES string of the molecule is Cc1nc(N)sc1-c1nc(COCC(F)(F)F)no1. The van der Waals surface area contributed by atoms with Crippen molar-refractivity contribution in [3.05, 3.63) is 11.5 Å². The van der Waals surface area contributed by atoms with Crippen molar-refractivity contribution >= 4 is 16.5 Å². The Morgan fingerprint density at radius 3 is 2.68 bits per heavy atom. The number of rotatable bonds is 4. The van der Waals surface area contributed by atoms with E-state index in [1.807, 2.05) is 0 Å². The molecule has 0 aliphatic carbocycles. The van der Waals surface area contributed by atoms with E-state index in [1.54, 1.807) is 6.92 Å². The highest BCUT2D eigenvalue weighted by molar-refractivity contribution is 7.18. The minimum atomic E-state index is -4.38. The van der Waals surface area contributed by atoms with Crippen molar-refractivity contribution in [2.75, 3.05) is 12.3 Å². The van der Waals surface area contributed by atoms with Crippen molar-refractivity contribution in [2.24, 2.45) is 0 Å². The smallest absolute Gasteiger partial charge is 0.375 e. The number of halogens is 3. The standard InChI is InChI=1S/C9H9F3N4O2S/c1-4-6(19-8(13)14-4)7-15-5(16-18-7)2-17-3-9(10,11)12/h2-3H2,1H3,(H2,13,14). The lowest BCUT2D eigenvalue weighted by atomic mass is 10.4. The van der Waals surface area contributed by atoms with Crippen LogP contribution in [0, 0.1) is 6.92 Å². The Kier molecular flexibility index (Phi) is 3.71. The maximum Gasteiger partial charge on any atom is 0.411 e. The molecular weight excluding hydrogens is 285 g/mol. The van der Waals surface area contributed by atoms with Gasteiger partial charge in [-0.25, -0.2) is 4.98 Å². The zero-order valence-electron chi connectivity index (χ0n) is 9.69. The number of thiazole rings is 1. The number of hydrogen-bond acceptors (Lipinski definition) is 7. The first-order valence-electron chi connectivity index (χ1n) is 5.05. The van der Waals surface area contributed by atoms with Gasteiger partial charge in [0.2, 0.25) is 0 Å². The van der Waals surface area contributed by atoms with Crippen LogP contribution in [0.1, 0.15) is 11.5 Å². The summed E-state index contributed by atoms with van der Waals surface area (Å²) in [6, 6.07) is 0. The number of ether oxygens (including phenoxy) is 1. The molecule has 6 nitrogen and oxygen atoms in total. The van der Waals surface area contributed by atoms with Gasteiger partial charge in [0.1, 0.15) is 18.1 Å². The average molecular weight is 294 g/mol. The topological polar surface area (TPSA) is 87.1 Å². The van der Waals surface area contributed by atoms with Gasteiger partial charge in [-0.3, -0.25) is 0 Å². The highest BCUT2D eigenvalue weighted by Gasteiger charge is 2.27. The van der Waals surface area contributed by atoms with Gasteiger partial charge in [0, 0.05) is 0 Å². The summed E-state index contributed by atoms with van der Waals surface area (Å²) in [5.74, 6) is 0.197. The molecule has 2 aromatic rings. The number of aromatic nitrogens is 3. The highest BCUT2D eigenvalue weighted by Crippen LogP contribution is 2.29. The van der Waals surface area contributed by atoms with Crippen molar-refractivity contribution in [1.29, 1.82) is 0 Å². The van der Waals surface area contributed by atoms with E-state index in [9.17, 15) is 13.2 Å². The molecule has 0 bridgehead atoms. The Labute approximate surface area is 109 Å². The largest absolute Gasteiger partial charge is 0.411 e. The molecule has 0 saturated heterocycles. The molecule has 0 spiro atoms. The van der Waals surface area contributed by atoms with Crippen molar-refractivity contribution in [3.8, 4) is 10.8 Å². The molecular formula is C9H9F3N4O2S. The maximum absolute atomic E-state index is 11.9. The second-order valence-corrected chi connectivity index (χ2v) is 4.62. The number of hydrogen-bond donors (Lipinski definition) is 1. The summed E-state index contributed by atoms with van der Waals surface area (Å²) < 4.78 is 45.0. The molecule has 0 fully saturated rings. The Hall–Kier alpha value is -1.68. The summed E-state index contributed by atoms with van der Waals surface area (Å²) in [5, 5.41) is 3.87. The van der Waals surface area contributed by atoms with Crippen LogP contribution in [0.25, 0.3) is 10.8 Å². The first-order chi connectivity index (χ1) is 8.85. The molecule has 19 heavy (non-hydrogen) atoms. The van der Waals surface area contributed by atoms with E-state index >= 15 is 0 Å². The Morgan fingerprint density at radius 2 is 2.11 bits per heavy atom. The molecule has 2 N–H and O–H groups in total. The van der Waals surface area contributed by atoms with Crippen LogP contribution in [0.3, 0.4) is 0 Å². The van der Waals surface area contributed by atoms with Gasteiger partial charge >= 0.3 is 6.18 Å². The molecule has 0 amide bonds. The van der Waals surface area contributed by atoms with E-state index in [1.165, 1.54) is 0 Å². The quantitative estimate of drug-likeness (QED) is 0.929. The van der Waals surface area contributed by atoms with Gasteiger partial charge in [0.05, 0.1) is 5.69 Å². The predicted molar refractivity (Wildman–Crippen MR) is 60.3 cm³/mol. The van der Waals surface area contributed by atoms with Gasteiger partial charge < -0.3 is 15.0 Å². The number of nitrogen functional groups attached to an aromatic ring is 1. The van der Waals surface area contributed by atoms with E-state index in [-0.39, 0.29) is 18.3 Å². The first kappa shape index (κ1) is 13.7. The van der Waals surface area contributed by atoms with Crippen LogP contribution in [-0.4, -0.2) is 27.9 Å². The Balaban J connectivity index is 2.01. The van der Waals surface area contributed by atoms with Crippen LogP contribution >= 0.6 is 11.3 Å². The van der Waals surface area contributed by atoms with Gasteiger partial charge in [0.25, 0.3) is 5.89 Å². The third-order valence-corrected chi connectivity index (χ3v) is 2.95. The lowest BCUT2D eigenvalue weighted by molar-refractivity contribution is -0.177. The second kappa shape index (κ2) is 5.13. The fourth-order valence-electron chi connectivity index (χ4n) is 1.28. The number of nitrogens with two attached hydrogens (primary N) is 1. The molecule has 2 rings (SSSR count). The average Bonchev–Trinajstić information content (AvgIpc) is 2.83. The van der Waals surface area contributed by atoms with Crippen LogP contribution in [0.5, 0.6) is 0 Å². The minimum Gasteiger partial charge on any atom is -0.375 e. The second-order valence-electron chi connectivity index (χ2n) is 3.59. The molecule has 10 heteroatoms. The lowest BCUT2D eigenvalue weighted by Gasteiger charge is -2.04. The van der Waals surface area contributed by atoms with Crippen LogP contribution in [0.4, 0.5) is 18.3 Å². The third-order valence-electron chi connectivity index (χ3n) is 1.97. The number of alkyl halides is 3. The van der Waals surface area contributed by atoms with Crippen LogP contribution in [-0.2, 0) is 11.3 Å².